The molecule has 300 valence electrons. The number of aliphatic hydroxyl groups excluding tert-OH is 5. The fourth-order valence-electron chi connectivity index (χ4n) is 5.94. The summed E-state index contributed by atoms with van der Waals surface area (Å²) >= 11 is 0. The number of rotatable bonds is 31. The van der Waals surface area contributed by atoms with Crippen LogP contribution in [0.4, 0.5) is 0 Å². The van der Waals surface area contributed by atoms with E-state index in [1.807, 2.05) is 0 Å². The highest BCUT2D eigenvalue weighted by atomic mass is 32.3. The summed E-state index contributed by atoms with van der Waals surface area (Å²) in [5.74, 6) is -0.716. The van der Waals surface area contributed by atoms with Crippen LogP contribution in [0.2, 0.25) is 0 Å². The minimum absolute atomic E-state index is 0.239. The predicted molar refractivity (Wildman–Crippen MR) is 196 cm³/mol. The molecule has 0 aromatic carbocycles. The van der Waals surface area contributed by atoms with Crippen molar-refractivity contribution in [2.45, 2.75) is 191 Å². The van der Waals surface area contributed by atoms with E-state index in [0.29, 0.717) is 12.8 Å². The zero-order valence-electron chi connectivity index (χ0n) is 31.0. The van der Waals surface area contributed by atoms with Crippen LogP contribution < -0.4 is 5.32 Å². The van der Waals surface area contributed by atoms with Crippen molar-refractivity contribution in [3.8, 4) is 0 Å². The Balaban J connectivity index is 2.74. The minimum Gasteiger partial charge on any atom is -0.394 e. The highest BCUT2D eigenvalue weighted by Crippen LogP contribution is 2.26. The Morgan fingerprint density at radius 3 is 1.88 bits per heavy atom. The molecule has 1 aliphatic rings. The maximum absolute atomic E-state index is 13.0. The maximum atomic E-state index is 13.0. The lowest BCUT2D eigenvalue weighted by molar-refractivity contribution is -0.298. The summed E-state index contributed by atoms with van der Waals surface area (Å²) in [5, 5.41) is 54.7. The fraction of sp³-hybridized carbons (Fsp3) is 0.865. The van der Waals surface area contributed by atoms with Crippen molar-refractivity contribution < 1.29 is 57.0 Å². The van der Waals surface area contributed by atoms with E-state index < -0.39 is 78.5 Å². The average molecular weight is 752 g/mol. The molecule has 0 saturated carbocycles. The lowest BCUT2D eigenvalue weighted by Gasteiger charge is -2.41. The molecule has 1 saturated heterocycles. The Morgan fingerprint density at radius 2 is 1.31 bits per heavy atom. The van der Waals surface area contributed by atoms with Crippen LogP contribution in [0.15, 0.2) is 24.3 Å². The zero-order chi connectivity index (χ0) is 37.9. The molecule has 0 spiro atoms. The molecule has 0 radical (unpaired) electrons. The summed E-state index contributed by atoms with van der Waals surface area (Å²) in [7, 11) is -5.11. The molecule has 8 atom stereocenters. The Morgan fingerprint density at radius 1 is 0.784 bits per heavy atom. The highest BCUT2D eigenvalue weighted by molar-refractivity contribution is 7.80. The van der Waals surface area contributed by atoms with Crippen LogP contribution in [-0.4, -0.2) is 107 Å². The number of unbranched alkanes of at least 4 members (excludes halogenated alkanes) is 16. The molecule has 8 unspecified atom stereocenters. The van der Waals surface area contributed by atoms with Gasteiger partial charge in [-0.2, -0.15) is 8.42 Å². The number of hydrogen-bond donors (Lipinski definition) is 7. The lowest BCUT2D eigenvalue weighted by atomic mass is 9.99. The van der Waals surface area contributed by atoms with Gasteiger partial charge in [-0.05, 0) is 32.1 Å². The van der Waals surface area contributed by atoms with Crippen molar-refractivity contribution in [3.05, 3.63) is 24.3 Å². The molecule has 1 aliphatic heterocycles. The van der Waals surface area contributed by atoms with Crippen molar-refractivity contribution in [2.75, 3.05) is 13.2 Å². The van der Waals surface area contributed by atoms with Gasteiger partial charge in [0.25, 0.3) is 0 Å². The summed E-state index contributed by atoms with van der Waals surface area (Å²) in [6.07, 6.45) is 17.2. The van der Waals surface area contributed by atoms with Crippen molar-refractivity contribution in [3.63, 3.8) is 0 Å². The SMILES string of the molecule is CCCCCCC/C=C/CC/C=C/C(O)C(COC1OC(CO)C(O)C(OS(=O)(=O)O)C1O)NC(=O)C(O)CCCCCCCCCCCCC. The zero-order valence-corrected chi connectivity index (χ0v) is 31.8. The second-order valence-corrected chi connectivity index (χ2v) is 14.7. The van der Waals surface area contributed by atoms with Gasteiger partial charge in [0.2, 0.25) is 5.91 Å². The van der Waals surface area contributed by atoms with Gasteiger partial charge in [-0.15, -0.1) is 0 Å². The third-order valence-corrected chi connectivity index (χ3v) is 9.56. The van der Waals surface area contributed by atoms with E-state index >= 15 is 0 Å². The van der Waals surface area contributed by atoms with E-state index in [-0.39, 0.29) is 6.42 Å². The lowest BCUT2D eigenvalue weighted by Crippen LogP contribution is -2.61. The Kier molecular flexibility index (Phi) is 27.0. The quantitative estimate of drug-likeness (QED) is 0.0290. The van der Waals surface area contributed by atoms with Crippen LogP contribution in [-0.2, 0) is 28.9 Å². The number of allylic oxidation sites excluding steroid dienone is 3. The standard InChI is InChI=1S/C37H69NO12S/c1-3-5-7-9-11-13-15-17-19-21-23-25-30(40)29(28-48-37-34(43)35(50-51(45,46)47)33(42)32(27-39)49-37)38-36(44)31(41)26-24-22-20-18-16-14-12-10-8-6-4-2/h15,17,23,25,29-35,37,39-43H,3-14,16,18-22,24,26-28H2,1-2H3,(H,38,44)(H,45,46,47)/b17-15+,25-23+. The van der Waals surface area contributed by atoms with Crippen molar-refractivity contribution >= 4 is 16.3 Å². The van der Waals surface area contributed by atoms with Gasteiger partial charge in [-0.3, -0.25) is 9.35 Å². The molecule has 0 aromatic rings. The van der Waals surface area contributed by atoms with Gasteiger partial charge in [-0.1, -0.05) is 134 Å². The van der Waals surface area contributed by atoms with E-state index in [1.165, 1.54) is 76.7 Å². The van der Waals surface area contributed by atoms with Gasteiger partial charge in [-0.25, -0.2) is 4.18 Å². The number of carbonyl (C=O) groups excluding carboxylic acids is 1. The second kappa shape index (κ2) is 29.0. The van der Waals surface area contributed by atoms with Crippen LogP contribution in [0.1, 0.15) is 142 Å². The van der Waals surface area contributed by atoms with Gasteiger partial charge in [0.15, 0.2) is 6.29 Å². The Bertz CT molecular complexity index is 1040. The van der Waals surface area contributed by atoms with Gasteiger partial charge in [0.1, 0.15) is 30.5 Å². The molecule has 1 fully saturated rings. The summed E-state index contributed by atoms with van der Waals surface area (Å²) in [5.41, 5.74) is 0. The average Bonchev–Trinajstić information content (AvgIpc) is 3.09. The maximum Gasteiger partial charge on any atom is 0.397 e. The monoisotopic (exact) mass is 751 g/mol. The fourth-order valence-corrected chi connectivity index (χ4v) is 6.45. The molecule has 13 nitrogen and oxygen atoms in total. The van der Waals surface area contributed by atoms with Crippen LogP contribution in [0, 0.1) is 0 Å². The van der Waals surface area contributed by atoms with Gasteiger partial charge in [0, 0.05) is 0 Å². The number of amides is 1. The number of aliphatic hydroxyl groups is 5. The Labute approximate surface area is 306 Å². The normalized spacial score (nSPS) is 23.2. The molecule has 1 amide bonds. The van der Waals surface area contributed by atoms with Gasteiger partial charge in [0.05, 0.1) is 25.4 Å². The third kappa shape index (κ3) is 22.4. The smallest absolute Gasteiger partial charge is 0.394 e. The highest BCUT2D eigenvalue weighted by Gasteiger charge is 2.48. The molecule has 0 aromatic heterocycles. The molecular weight excluding hydrogens is 682 g/mol. The predicted octanol–water partition coefficient (Wildman–Crippen LogP) is 4.79. The number of hydrogen-bond acceptors (Lipinski definition) is 11. The molecule has 0 bridgehead atoms. The molecule has 0 aliphatic carbocycles. The van der Waals surface area contributed by atoms with Gasteiger partial charge >= 0.3 is 10.4 Å². The minimum atomic E-state index is -5.11. The first-order chi connectivity index (χ1) is 24.4. The van der Waals surface area contributed by atoms with E-state index in [4.69, 9.17) is 14.0 Å². The second-order valence-electron chi connectivity index (χ2n) is 13.7. The van der Waals surface area contributed by atoms with E-state index in [2.05, 4.69) is 35.5 Å². The molecular formula is C37H69NO12S. The molecule has 1 rings (SSSR count). The number of ether oxygens (including phenoxy) is 2. The molecule has 1 heterocycles. The first kappa shape index (κ1) is 47.6. The van der Waals surface area contributed by atoms with Crippen LogP contribution >= 0.6 is 0 Å². The first-order valence-corrected chi connectivity index (χ1v) is 20.7. The summed E-state index contributed by atoms with van der Waals surface area (Å²) < 4.78 is 47.2. The van der Waals surface area contributed by atoms with E-state index in [9.17, 15) is 38.7 Å². The van der Waals surface area contributed by atoms with Crippen LogP contribution in [0.5, 0.6) is 0 Å². The van der Waals surface area contributed by atoms with Crippen molar-refractivity contribution in [2.24, 2.45) is 0 Å². The molecule has 7 N–H and O–H groups in total. The third-order valence-electron chi connectivity index (χ3n) is 9.09. The van der Waals surface area contributed by atoms with Gasteiger partial charge < -0.3 is 40.3 Å². The Hall–Kier alpha value is -1.46. The summed E-state index contributed by atoms with van der Waals surface area (Å²) in [4.78, 5) is 13.0. The summed E-state index contributed by atoms with van der Waals surface area (Å²) in [6, 6.07) is -1.13. The molecule has 14 heteroatoms. The summed E-state index contributed by atoms with van der Waals surface area (Å²) in [6.45, 7) is 3.11. The van der Waals surface area contributed by atoms with E-state index in [0.717, 1.165) is 38.5 Å². The molecule has 51 heavy (non-hydrogen) atoms. The van der Waals surface area contributed by atoms with Crippen LogP contribution in [0.3, 0.4) is 0 Å². The first-order valence-electron chi connectivity index (χ1n) is 19.3. The number of carbonyl (C=O) groups is 1. The topological polar surface area (TPSA) is 212 Å². The largest absolute Gasteiger partial charge is 0.397 e. The van der Waals surface area contributed by atoms with Crippen molar-refractivity contribution in [1.82, 2.24) is 5.32 Å². The van der Waals surface area contributed by atoms with Crippen molar-refractivity contribution in [1.29, 1.82) is 0 Å². The van der Waals surface area contributed by atoms with Crippen LogP contribution in [0.25, 0.3) is 0 Å². The number of nitrogens with one attached hydrogen (secondary N) is 1. The van der Waals surface area contributed by atoms with E-state index in [1.54, 1.807) is 6.08 Å².